The van der Waals surface area contributed by atoms with Crippen LogP contribution in [0.1, 0.15) is 6.92 Å². The number of hydrogen-bond donors (Lipinski definition) is 1. The maximum atomic E-state index is 13.8. The molecule has 0 fully saturated rings. The molecule has 0 atom stereocenters. The Morgan fingerprint density at radius 2 is 2.10 bits per heavy atom. The summed E-state index contributed by atoms with van der Waals surface area (Å²) >= 11 is 1.48. The minimum Gasteiger partial charge on any atom is -0.424 e. The van der Waals surface area contributed by atoms with Crippen LogP contribution in [0.5, 0.6) is 5.75 Å². The van der Waals surface area contributed by atoms with Crippen LogP contribution in [0.2, 0.25) is 0 Å². The second-order valence-corrected chi connectivity index (χ2v) is 5.38. The van der Waals surface area contributed by atoms with Gasteiger partial charge in [0.05, 0.1) is 10.2 Å². The quantitative estimate of drug-likeness (QED) is 0.584. The standard InChI is InChI=1S/C15H11FN2O2S/c1-9(19)20-13-7-6-10(8-11(13)16)17-15-18-12-4-2-3-5-14(12)21-15/h2-8H,1H3,(H,17,18). The number of aromatic nitrogens is 1. The Labute approximate surface area is 124 Å². The van der Waals surface area contributed by atoms with Crippen molar-refractivity contribution in [3.8, 4) is 5.75 Å². The molecule has 3 rings (SSSR count). The van der Waals surface area contributed by atoms with Crippen molar-refractivity contribution in [3.63, 3.8) is 0 Å². The van der Waals surface area contributed by atoms with Gasteiger partial charge in [0.15, 0.2) is 16.7 Å². The SMILES string of the molecule is CC(=O)Oc1ccc(Nc2nc3ccccc3s2)cc1F. The summed E-state index contributed by atoms with van der Waals surface area (Å²) in [5, 5.41) is 3.72. The number of ether oxygens (including phenoxy) is 1. The highest BCUT2D eigenvalue weighted by Crippen LogP contribution is 2.29. The molecule has 1 N–H and O–H groups in total. The highest BCUT2D eigenvalue weighted by molar-refractivity contribution is 7.22. The number of hydrogen-bond acceptors (Lipinski definition) is 5. The number of benzene rings is 2. The van der Waals surface area contributed by atoms with Crippen molar-refractivity contribution in [1.29, 1.82) is 0 Å². The van der Waals surface area contributed by atoms with Crippen molar-refractivity contribution >= 4 is 38.3 Å². The number of carbonyl (C=O) groups excluding carboxylic acids is 1. The first-order chi connectivity index (χ1) is 10.1. The number of nitrogens with one attached hydrogen (secondary N) is 1. The molecule has 0 aliphatic carbocycles. The average Bonchev–Trinajstić information content (AvgIpc) is 2.83. The summed E-state index contributed by atoms with van der Waals surface area (Å²) in [4.78, 5) is 15.2. The van der Waals surface area contributed by atoms with E-state index in [-0.39, 0.29) is 5.75 Å². The molecule has 106 valence electrons. The van der Waals surface area contributed by atoms with Gasteiger partial charge in [-0.2, -0.15) is 0 Å². The van der Waals surface area contributed by atoms with E-state index in [2.05, 4.69) is 10.3 Å². The maximum absolute atomic E-state index is 13.8. The Kier molecular flexibility index (Phi) is 3.53. The van der Waals surface area contributed by atoms with Crippen molar-refractivity contribution in [3.05, 3.63) is 48.3 Å². The van der Waals surface area contributed by atoms with E-state index in [9.17, 15) is 9.18 Å². The van der Waals surface area contributed by atoms with Crippen molar-refractivity contribution < 1.29 is 13.9 Å². The zero-order chi connectivity index (χ0) is 14.8. The lowest BCUT2D eigenvalue weighted by atomic mass is 10.3. The summed E-state index contributed by atoms with van der Waals surface area (Å²) in [5.74, 6) is -1.24. The van der Waals surface area contributed by atoms with Crippen LogP contribution in [-0.4, -0.2) is 11.0 Å². The fraction of sp³-hybridized carbons (Fsp3) is 0.0667. The van der Waals surface area contributed by atoms with Gasteiger partial charge in [-0.25, -0.2) is 9.37 Å². The molecule has 0 spiro atoms. The Balaban J connectivity index is 1.84. The molecule has 4 nitrogen and oxygen atoms in total. The average molecular weight is 302 g/mol. The lowest BCUT2D eigenvalue weighted by molar-refractivity contribution is -0.132. The third kappa shape index (κ3) is 3.00. The van der Waals surface area contributed by atoms with Crippen LogP contribution in [0.3, 0.4) is 0 Å². The molecule has 3 aromatic rings. The molecular formula is C15H11FN2O2S. The Morgan fingerprint density at radius 3 is 2.81 bits per heavy atom. The van der Waals surface area contributed by atoms with Gasteiger partial charge in [-0.3, -0.25) is 4.79 Å². The van der Waals surface area contributed by atoms with Crippen molar-refractivity contribution in [2.75, 3.05) is 5.32 Å². The molecule has 0 unspecified atom stereocenters. The predicted molar refractivity (Wildman–Crippen MR) is 80.6 cm³/mol. The molecule has 0 saturated carbocycles. The maximum Gasteiger partial charge on any atom is 0.308 e. The normalized spacial score (nSPS) is 10.6. The second-order valence-electron chi connectivity index (χ2n) is 4.35. The molecule has 0 saturated heterocycles. The second kappa shape index (κ2) is 5.49. The molecule has 1 heterocycles. The largest absolute Gasteiger partial charge is 0.424 e. The highest BCUT2D eigenvalue weighted by Gasteiger charge is 2.09. The third-order valence-corrected chi connectivity index (χ3v) is 3.68. The Bertz CT molecular complexity index is 783. The van der Waals surface area contributed by atoms with E-state index in [1.807, 2.05) is 24.3 Å². The van der Waals surface area contributed by atoms with Crippen LogP contribution in [0.4, 0.5) is 15.2 Å². The summed E-state index contributed by atoms with van der Waals surface area (Å²) in [6, 6.07) is 12.1. The third-order valence-electron chi connectivity index (χ3n) is 2.73. The smallest absolute Gasteiger partial charge is 0.308 e. The number of para-hydroxylation sites is 1. The zero-order valence-corrected chi connectivity index (χ0v) is 11.9. The summed E-state index contributed by atoms with van der Waals surface area (Å²) in [5.41, 5.74) is 1.43. The number of halogens is 1. The van der Waals surface area contributed by atoms with Gasteiger partial charge in [0.2, 0.25) is 0 Å². The van der Waals surface area contributed by atoms with E-state index in [0.29, 0.717) is 10.8 Å². The van der Waals surface area contributed by atoms with Crippen molar-refractivity contribution in [1.82, 2.24) is 4.98 Å². The summed E-state index contributed by atoms with van der Waals surface area (Å²) in [6.07, 6.45) is 0. The number of carbonyl (C=O) groups is 1. The van der Waals surface area contributed by atoms with Crippen LogP contribution >= 0.6 is 11.3 Å². The van der Waals surface area contributed by atoms with E-state index in [0.717, 1.165) is 10.2 Å². The number of thiazole rings is 1. The summed E-state index contributed by atoms with van der Waals surface area (Å²) in [6.45, 7) is 1.23. The van der Waals surface area contributed by atoms with Crippen LogP contribution < -0.4 is 10.1 Å². The molecule has 0 bridgehead atoms. The van der Waals surface area contributed by atoms with Crippen LogP contribution in [-0.2, 0) is 4.79 Å². The number of fused-ring (bicyclic) bond motifs is 1. The molecule has 0 aliphatic heterocycles. The fourth-order valence-corrected chi connectivity index (χ4v) is 2.75. The fourth-order valence-electron chi connectivity index (χ4n) is 1.87. The number of rotatable bonds is 3. The number of nitrogens with zero attached hydrogens (tertiary/aromatic N) is 1. The van der Waals surface area contributed by atoms with Gasteiger partial charge in [-0.1, -0.05) is 23.5 Å². The van der Waals surface area contributed by atoms with Gasteiger partial charge in [0, 0.05) is 18.7 Å². The Morgan fingerprint density at radius 1 is 1.29 bits per heavy atom. The lowest BCUT2D eigenvalue weighted by Gasteiger charge is -2.06. The lowest BCUT2D eigenvalue weighted by Crippen LogP contribution is -2.03. The topological polar surface area (TPSA) is 51.2 Å². The van der Waals surface area contributed by atoms with Gasteiger partial charge in [-0.15, -0.1) is 0 Å². The summed E-state index contributed by atoms with van der Waals surface area (Å²) < 4.78 is 19.6. The minimum atomic E-state index is -0.601. The zero-order valence-electron chi connectivity index (χ0n) is 11.1. The monoisotopic (exact) mass is 302 g/mol. The van der Waals surface area contributed by atoms with E-state index < -0.39 is 11.8 Å². The van der Waals surface area contributed by atoms with Crippen LogP contribution in [0.15, 0.2) is 42.5 Å². The van der Waals surface area contributed by atoms with Crippen LogP contribution in [0, 0.1) is 5.82 Å². The van der Waals surface area contributed by atoms with E-state index >= 15 is 0 Å². The molecule has 21 heavy (non-hydrogen) atoms. The van der Waals surface area contributed by atoms with Gasteiger partial charge in [0.25, 0.3) is 0 Å². The first-order valence-electron chi connectivity index (χ1n) is 6.22. The van der Waals surface area contributed by atoms with E-state index in [1.165, 1.54) is 30.4 Å². The van der Waals surface area contributed by atoms with Gasteiger partial charge >= 0.3 is 5.97 Å². The van der Waals surface area contributed by atoms with Gasteiger partial charge in [-0.05, 0) is 24.3 Å². The first-order valence-corrected chi connectivity index (χ1v) is 7.04. The predicted octanol–water partition coefficient (Wildman–Crippen LogP) is 4.10. The molecule has 1 aromatic heterocycles. The highest BCUT2D eigenvalue weighted by atomic mass is 32.1. The van der Waals surface area contributed by atoms with Crippen molar-refractivity contribution in [2.24, 2.45) is 0 Å². The number of esters is 1. The number of anilines is 2. The molecule has 0 aliphatic rings. The van der Waals surface area contributed by atoms with E-state index in [1.54, 1.807) is 6.07 Å². The molecule has 2 aromatic carbocycles. The molecule has 0 amide bonds. The van der Waals surface area contributed by atoms with Crippen molar-refractivity contribution in [2.45, 2.75) is 6.92 Å². The summed E-state index contributed by atoms with van der Waals surface area (Å²) in [7, 11) is 0. The molecular weight excluding hydrogens is 291 g/mol. The first kappa shape index (κ1) is 13.5. The van der Waals surface area contributed by atoms with Gasteiger partial charge in [0.1, 0.15) is 0 Å². The van der Waals surface area contributed by atoms with Gasteiger partial charge < -0.3 is 10.1 Å². The van der Waals surface area contributed by atoms with E-state index in [4.69, 9.17) is 4.74 Å². The van der Waals surface area contributed by atoms with Crippen LogP contribution in [0.25, 0.3) is 10.2 Å². The Hall–Kier alpha value is -2.47. The minimum absolute atomic E-state index is 0.0858. The molecule has 0 radical (unpaired) electrons. The molecule has 6 heteroatoms.